The van der Waals surface area contributed by atoms with Crippen LogP contribution in [0.25, 0.3) is 11.1 Å². The third-order valence-corrected chi connectivity index (χ3v) is 11.1. The summed E-state index contributed by atoms with van der Waals surface area (Å²) >= 11 is 0. The molecule has 0 radical (unpaired) electrons. The molecule has 1 unspecified atom stereocenters. The molecule has 13 heteroatoms. The number of benzene rings is 2. The number of hydrogen-bond acceptors (Lipinski definition) is 9. The molecule has 3 heterocycles. The first-order chi connectivity index (χ1) is 20.1. The monoisotopic (exact) mass is 616 g/mol. The molecule has 3 aromatic rings. The van der Waals surface area contributed by atoms with Crippen molar-refractivity contribution in [1.29, 1.82) is 0 Å². The van der Waals surface area contributed by atoms with Crippen molar-refractivity contribution in [3.8, 4) is 16.9 Å². The fraction of sp³-hybridized carbons (Fsp3) is 0.414. The second-order valence-corrected chi connectivity index (χ2v) is 14.4. The van der Waals surface area contributed by atoms with E-state index in [2.05, 4.69) is 15.0 Å². The van der Waals surface area contributed by atoms with Gasteiger partial charge in [-0.15, -0.1) is 0 Å². The lowest BCUT2D eigenvalue weighted by Gasteiger charge is -2.38. The fourth-order valence-electron chi connectivity index (χ4n) is 5.37. The highest BCUT2D eigenvalue weighted by Gasteiger charge is 2.44. The number of pyridine rings is 1. The van der Waals surface area contributed by atoms with Gasteiger partial charge in [0.1, 0.15) is 18.5 Å². The molecule has 2 aromatic carbocycles. The Morgan fingerprint density at radius 2 is 1.71 bits per heavy atom. The number of hydrogen-bond donors (Lipinski definition) is 3. The van der Waals surface area contributed by atoms with Crippen LogP contribution in [0.2, 0.25) is 0 Å². The summed E-state index contributed by atoms with van der Waals surface area (Å²) in [7, 11) is -5.87. The van der Waals surface area contributed by atoms with E-state index in [1.165, 1.54) is 23.5 Å². The number of piperidine rings is 1. The molecule has 2 atom stereocenters. The van der Waals surface area contributed by atoms with Crippen molar-refractivity contribution in [3.05, 3.63) is 73.1 Å². The number of aliphatic hydroxyl groups excluding tert-OH is 1. The summed E-state index contributed by atoms with van der Waals surface area (Å²) < 4.78 is 66.2. The fourth-order valence-corrected chi connectivity index (χ4v) is 7.58. The van der Waals surface area contributed by atoms with Crippen LogP contribution in [-0.4, -0.2) is 88.9 Å². The molecule has 2 aliphatic rings. The van der Waals surface area contributed by atoms with Gasteiger partial charge in [-0.2, -0.15) is 4.31 Å². The molecule has 42 heavy (non-hydrogen) atoms. The van der Waals surface area contributed by atoms with Gasteiger partial charge < -0.3 is 19.9 Å². The number of nitrogens with one attached hydrogen (secondary N) is 2. The number of aromatic nitrogens is 1. The summed E-state index contributed by atoms with van der Waals surface area (Å²) in [6.07, 6.45) is 4.50. The number of sulfonamides is 2. The Morgan fingerprint density at radius 1 is 1.02 bits per heavy atom. The molecule has 1 spiro atoms. The van der Waals surface area contributed by atoms with Crippen molar-refractivity contribution >= 4 is 20.0 Å². The molecule has 0 saturated carbocycles. The molecule has 2 fully saturated rings. The van der Waals surface area contributed by atoms with Crippen LogP contribution in [0.5, 0.6) is 5.75 Å². The highest BCUT2D eigenvalue weighted by molar-refractivity contribution is 7.89. The summed E-state index contributed by atoms with van der Waals surface area (Å²) in [5, 5.41) is 13.8. The normalized spacial score (nSPS) is 20.0. The van der Waals surface area contributed by atoms with Crippen LogP contribution < -0.4 is 14.8 Å². The quantitative estimate of drug-likeness (QED) is 0.294. The van der Waals surface area contributed by atoms with Gasteiger partial charge in [0.25, 0.3) is 0 Å². The predicted molar refractivity (Wildman–Crippen MR) is 157 cm³/mol. The SMILES string of the molecule is CNS(=O)(=O)c1cccc(OC[C@@H](O)CNC2COC3(CCN(S(=O)(=O)c4ccc(-c5ccncc5)cc4)CC3)C2)c1. The van der Waals surface area contributed by atoms with Crippen molar-refractivity contribution in [2.75, 3.05) is 39.9 Å². The number of ether oxygens (including phenoxy) is 2. The largest absolute Gasteiger partial charge is 0.491 e. The summed E-state index contributed by atoms with van der Waals surface area (Å²) in [6.45, 7) is 1.49. The van der Waals surface area contributed by atoms with Crippen LogP contribution in [-0.2, 0) is 24.8 Å². The van der Waals surface area contributed by atoms with Gasteiger partial charge in [0.15, 0.2) is 0 Å². The maximum absolute atomic E-state index is 13.3. The van der Waals surface area contributed by atoms with Crippen molar-refractivity contribution in [2.24, 2.45) is 0 Å². The molecule has 3 N–H and O–H groups in total. The standard InChI is InChI=1S/C29H36N4O7S2/c1-30-41(35,36)28-4-2-3-26(17-28)39-21-25(34)19-32-24-18-29(40-20-24)11-15-33(16-12-29)42(37,38)27-7-5-22(6-8-27)23-9-13-31-14-10-23/h2-10,13-14,17,24-25,30,32,34H,11-12,15-16,18-21H2,1H3/t24?,25-/m0/s1. The molecule has 0 amide bonds. The second kappa shape index (κ2) is 12.8. The van der Waals surface area contributed by atoms with Crippen molar-refractivity contribution < 1.29 is 31.4 Å². The first-order valence-corrected chi connectivity index (χ1v) is 16.8. The lowest BCUT2D eigenvalue weighted by atomic mass is 9.88. The second-order valence-electron chi connectivity index (χ2n) is 10.6. The van der Waals surface area contributed by atoms with Crippen LogP contribution in [0.4, 0.5) is 0 Å². The van der Waals surface area contributed by atoms with E-state index in [4.69, 9.17) is 9.47 Å². The van der Waals surface area contributed by atoms with Crippen molar-refractivity contribution in [2.45, 2.75) is 46.8 Å². The Hall–Kier alpha value is -2.91. The molecule has 11 nitrogen and oxygen atoms in total. The van der Waals surface area contributed by atoms with Gasteiger partial charge in [-0.1, -0.05) is 18.2 Å². The Bertz CT molecular complexity index is 1560. The average Bonchev–Trinajstić information content (AvgIpc) is 3.41. The zero-order chi connectivity index (χ0) is 29.8. The molecule has 2 saturated heterocycles. The summed E-state index contributed by atoms with van der Waals surface area (Å²) in [5.41, 5.74) is 1.51. The van der Waals surface area contributed by atoms with E-state index in [0.717, 1.165) is 17.5 Å². The zero-order valence-corrected chi connectivity index (χ0v) is 25.0. The van der Waals surface area contributed by atoms with Crippen molar-refractivity contribution in [3.63, 3.8) is 0 Å². The van der Waals surface area contributed by atoms with Gasteiger partial charge in [0.2, 0.25) is 20.0 Å². The Balaban J connectivity index is 1.08. The maximum Gasteiger partial charge on any atom is 0.243 e. The van der Waals surface area contributed by atoms with Crippen LogP contribution >= 0.6 is 0 Å². The predicted octanol–water partition coefficient (Wildman–Crippen LogP) is 2.00. The smallest absolute Gasteiger partial charge is 0.243 e. The molecule has 0 bridgehead atoms. The molecule has 226 valence electrons. The molecule has 2 aliphatic heterocycles. The topological polar surface area (TPSA) is 147 Å². The zero-order valence-electron chi connectivity index (χ0n) is 23.3. The Kier molecular flexibility index (Phi) is 9.28. The van der Waals surface area contributed by atoms with Gasteiger partial charge in [0, 0.05) is 44.1 Å². The van der Waals surface area contributed by atoms with E-state index in [1.807, 2.05) is 24.3 Å². The summed E-state index contributed by atoms with van der Waals surface area (Å²) in [6, 6.07) is 16.8. The van der Waals surface area contributed by atoms with Gasteiger partial charge >= 0.3 is 0 Å². The van der Waals surface area contributed by atoms with E-state index in [1.54, 1.807) is 36.7 Å². The minimum atomic E-state index is -3.62. The van der Waals surface area contributed by atoms with Crippen LogP contribution in [0.15, 0.2) is 82.8 Å². The van der Waals surface area contributed by atoms with E-state index in [0.29, 0.717) is 38.3 Å². The number of nitrogens with zero attached hydrogens (tertiary/aromatic N) is 2. The van der Waals surface area contributed by atoms with Crippen LogP contribution in [0, 0.1) is 0 Å². The lowest BCUT2D eigenvalue weighted by molar-refractivity contribution is -0.0312. The van der Waals surface area contributed by atoms with Gasteiger partial charge in [-0.3, -0.25) is 4.98 Å². The summed E-state index contributed by atoms with van der Waals surface area (Å²) in [5.74, 6) is 0.347. The Labute approximate surface area is 247 Å². The van der Waals surface area contributed by atoms with E-state index >= 15 is 0 Å². The molecule has 1 aromatic heterocycles. The van der Waals surface area contributed by atoms with Gasteiger partial charge in [-0.25, -0.2) is 21.6 Å². The van der Waals surface area contributed by atoms with Gasteiger partial charge in [0.05, 0.1) is 22.0 Å². The maximum atomic E-state index is 13.3. The third kappa shape index (κ3) is 7.00. The highest BCUT2D eigenvalue weighted by atomic mass is 32.2. The molecule has 0 aliphatic carbocycles. The number of aliphatic hydroxyl groups is 1. The minimum absolute atomic E-state index is 0.00880. The molecular weight excluding hydrogens is 580 g/mol. The average molecular weight is 617 g/mol. The van der Waals surface area contributed by atoms with Crippen LogP contribution in [0.1, 0.15) is 19.3 Å². The van der Waals surface area contributed by atoms with E-state index in [-0.39, 0.29) is 29.0 Å². The third-order valence-electron chi connectivity index (χ3n) is 7.82. The molecule has 5 rings (SSSR count). The lowest BCUT2D eigenvalue weighted by Crippen LogP contribution is -2.47. The van der Waals surface area contributed by atoms with Crippen LogP contribution in [0.3, 0.4) is 0 Å². The minimum Gasteiger partial charge on any atom is -0.491 e. The summed E-state index contributed by atoms with van der Waals surface area (Å²) in [4.78, 5) is 4.38. The molecular formula is C29H36N4O7S2. The van der Waals surface area contributed by atoms with E-state index in [9.17, 15) is 21.9 Å². The Morgan fingerprint density at radius 3 is 2.40 bits per heavy atom. The highest BCUT2D eigenvalue weighted by Crippen LogP contribution is 2.37. The van der Waals surface area contributed by atoms with Gasteiger partial charge in [-0.05, 0) is 73.8 Å². The van der Waals surface area contributed by atoms with E-state index < -0.39 is 31.8 Å². The first-order valence-electron chi connectivity index (χ1n) is 13.8. The number of rotatable bonds is 11. The first kappa shape index (κ1) is 30.5. The van der Waals surface area contributed by atoms with Crippen molar-refractivity contribution in [1.82, 2.24) is 19.3 Å².